The van der Waals surface area contributed by atoms with Crippen LogP contribution in [0.1, 0.15) is 41.9 Å². The van der Waals surface area contributed by atoms with E-state index in [2.05, 4.69) is 5.32 Å². The van der Waals surface area contributed by atoms with Gasteiger partial charge in [0.1, 0.15) is 5.76 Å². The lowest BCUT2D eigenvalue weighted by molar-refractivity contribution is -0.122. The van der Waals surface area contributed by atoms with E-state index in [1.165, 1.54) is 14.2 Å². The van der Waals surface area contributed by atoms with Crippen molar-refractivity contribution >= 4 is 11.8 Å². The summed E-state index contributed by atoms with van der Waals surface area (Å²) in [6.45, 7) is 1.84. The van der Waals surface area contributed by atoms with Crippen LogP contribution in [0, 0.1) is 0 Å². The highest BCUT2D eigenvalue weighted by Crippen LogP contribution is 2.37. The van der Waals surface area contributed by atoms with Crippen molar-refractivity contribution in [1.29, 1.82) is 0 Å². The normalized spacial score (nSPS) is 14.3. The van der Waals surface area contributed by atoms with Crippen molar-refractivity contribution in [2.24, 2.45) is 0 Å². The fraction of sp³-hybridized carbons (Fsp3) is 0.400. The third-order valence-electron chi connectivity index (χ3n) is 4.60. The summed E-state index contributed by atoms with van der Waals surface area (Å²) >= 11 is 0. The van der Waals surface area contributed by atoms with E-state index in [4.69, 9.17) is 13.9 Å². The van der Waals surface area contributed by atoms with Gasteiger partial charge < -0.3 is 24.1 Å². The molecular weight excluding hydrogens is 348 g/mol. The molecule has 1 heterocycles. The fourth-order valence-electron chi connectivity index (χ4n) is 2.96. The minimum atomic E-state index is -0.246. The zero-order valence-corrected chi connectivity index (χ0v) is 15.7. The zero-order valence-electron chi connectivity index (χ0n) is 15.7. The molecule has 0 aliphatic heterocycles. The SMILES string of the molecule is CNC(=O)COc1ccc(C(=O)N(C2CC2)C(C)c2ccco2)cc1OC. The second kappa shape index (κ2) is 8.16. The van der Waals surface area contributed by atoms with Gasteiger partial charge in [-0.15, -0.1) is 0 Å². The molecule has 7 nitrogen and oxygen atoms in total. The van der Waals surface area contributed by atoms with E-state index in [1.807, 2.05) is 24.0 Å². The van der Waals surface area contributed by atoms with Gasteiger partial charge in [-0.25, -0.2) is 0 Å². The van der Waals surface area contributed by atoms with E-state index >= 15 is 0 Å². The lowest BCUT2D eigenvalue weighted by atomic mass is 10.1. The molecule has 144 valence electrons. The molecule has 1 aliphatic rings. The molecule has 7 heteroatoms. The summed E-state index contributed by atoms with van der Waals surface area (Å²) in [5, 5.41) is 2.49. The van der Waals surface area contributed by atoms with Crippen LogP contribution in [-0.4, -0.2) is 43.5 Å². The average Bonchev–Trinajstić information content (AvgIpc) is 3.36. The Morgan fingerprint density at radius 2 is 2.07 bits per heavy atom. The van der Waals surface area contributed by atoms with Crippen molar-refractivity contribution in [1.82, 2.24) is 10.2 Å². The Labute approximate surface area is 158 Å². The maximum Gasteiger partial charge on any atom is 0.257 e. The van der Waals surface area contributed by atoms with E-state index in [1.54, 1.807) is 24.5 Å². The van der Waals surface area contributed by atoms with Crippen LogP contribution >= 0.6 is 0 Å². The maximum absolute atomic E-state index is 13.2. The van der Waals surface area contributed by atoms with Gasteiger partial charge in [0, 0.05) is 18.7 Å². The van der Waals surface area contributed by atoms with Crippen molar-refractivity contribution < 1.29 is 23.5 Å². The van der Waals surface area contributed by atoms with Crippen LogP contribution in [-0.2, 0) is 4.79 Å². The van der Waals surface area contributed by atoms with Gasteiger partial charge in [-0.1, -0.05) is 0 Å². The Bertz CT molecular complexity index is 799. The highest BCUT2D eigenvalue weighted by molar-refractivity contribution is 5.95. The maximum atomic E-state index is 13.2. The van der Waals surface area contributed by atoms with Crippen LogP contribution in [0.4, 0.5) is 0 Å². The Balaban J connectivity index is 1.81. The van der Waals surface area contributed by atoms with Gasteiger partial charge in [0.25, 0.3) is 11.8 Å². The third kappa shape index (κ3) is 4.24. The van der Waals surface area contributed by atoms with Gasteiger partial charge in [-0.2, -0.15) is 0 Å². The third-order valence-corrected chi connectivity index (χ3v) is 4.60. The Morgan fingerprint density at radius 3 is 2.67 bits per heavy atom. The van der Waals surface area contributed by atoms with E-state index in [0.717, 1.165) is 18.6 Å². The van der Waals surface area contributed by atoms with Gasteiger partial charge in [0.15, 0.2) is 18.1 Å². The molecule has 0 saturated heterocycles. The fourth-order valence-corrected chi connectivity index (χ4v) is 2.96. The number of nitrogens with zero attached hydrogens (tertiary/aromatic N) is 1. The van der Waals surface area contributed by atoms with Crippen LogP contribution in [0.25, 0.3) is 0 Å². The van der Waals surface area contributed by atoms with Gasteiger partial charge in [-0.05, 0) is 50.1 Å². The standard InChI is InChI=1S/C20H24N2O5/c1-13(16-5-4-10-26-16)22(15-7-8-15)20(24)14-6-9-17(18(11-14)25-3)27-12-19(23)21-2/h4-6,9-11,13,15H,7-8,12H2,1-3H3,(H,21,23). The molecule has 1 N–H and O–H groups in total. The molecular formula is C20H24N2O5. The van der Waals surface area contributed by atoms with Gasteiger partial charge >= 0.3 is 0 Å². The number of methoxy groups -OCH3 is 1. The molecule has 27 heavy (non-hydrogen) atoms. The predicted molar refractivity (Wildman–Crippen MR) is 98.9 cm³/mol. The topological polar surface area (TPSA) is 81.0 Å². The minimum absolute atomic E-state index is 0.0856. The summed E-state index contributed by atoms with van der Waals surface area (Å²) in [6.07, 6.45) is 3.59. The van der Waals surface area contributed by atoms with Crippen LogP contribution in [0.15, 0.2) is 41.0 Å². The summed E-state index contributed by atoms with van der Waals surface area (Å²) in [5.41, 5.74) is 0.504. The Kier molecular flexibility index (Phi) is 5.69. The minimum Gasteiger partial charge on any atom is -0.493 e. The first-order valence-corrected chi connectivity index (χ1v) is 8.92. The quantitative estimate of drug-likeness (QED) is 0.771. The first kappa shape index (κ1) is 18.8. The number of hydrogen-bond donors (Lipinski definition) is 1. The van der Waals surface area contributed by atoms with Gasteiger partial charge in [0.05, 0.1) is 19.4 Å². The van der Waals surface area contributed by atoms with Crippen LogP contribution in [0.5, 0.6) is 11.5 Å². The van der Waals surface area contributed by atoms with Crippen molar-refractivity contribution in [2.45, 2.75) is 31.8 Å². The van der Waals surface area contributed by atoms with Crippen molar-refractivity contribution in [3.05, 3.63) is 47.9 Å². The first-order chi connectivity index (χ1) is 13.0. The summed E-state index contributed by atoms with van der Waals surface area (Å²) < 4.78 is 16.3. The lowest BCUT2D eigenvalue weighted by Crippen LogP contribution is -2.35. The highest BCUT2D eigenvalue weighted by atomic mass is 16.5. The summed E-state index contributed by atoms with van der Waals surface area (Å²) in [5.74, 6) is 1.25. The second-order valence-corrected chi connectivity index (χ2v) is 6.46. The molecule has 1 aliphatic carbocycles. The van der Waals surface area contributed by atoms with E-state index in [0.29, 0.717) is 17.1 Å². The summed E-state index contributed by atoms with van der Waals surface area (Å²) in [6, 6.07) is 8.74. The number of carbonyl (C=O) groups excluding carboxylic acids is 2. The molecule has 1 aromatic carbocycles. The Morgan fingerprint density at radius 1 is 1.30 bits per heavy atom. The molecule has 2 aromatic rings. The number of hydrogen-bond acceptors (Lipinski definition) is 5. The van der Waals surface area contributed by atoms with Gasteiger partial charge in [-0.3, -0.25) is 9.59 Å². The number of amides is 2. The average molecular weight is 372 g/mol. The number of rotatable bonds is 8. The summed E-state index contributed by atoms with van der Waals surface area (Å²) in [7, 11) is 3.04. The molecule has 1 fully saturated rings. The summed E-state index contributed by atoms with van der Waals surface area (Å²) in [4.78, 5) is 26.4. The number of furan rings is 1. The van der Waals surface area contributed by atoms with E-state index < -0.39 is 0 Å². The van der Waals surface area contributed by atoms with Crippen molar-refractivity contribution in [3.8, 4) is 11.5 Å². The van der Waals surface area contributed by atoms with Crippen molar-refractivity contribution in [2.75, 3.05) is 20.8 Å². The largest absolute Gasteiger partial charge is 0.493 e. The van der Waals surface area contributed by atoms with E-state index in [-0.39, 0.29) is 30.5 Å². The lowest BCUT2D eigenvalue weighted by Gasteiger charge is -2.28. The Hall–Kier alpha value is -2.96. The molecule has 1 atom stereocenters. The molecule has 1 unspecified atom stereocenters. The number of nitrogens with one attached hydrogen (secondary N) is 1. The molecule has 1 saturated carbocycles. The second-order valence-electron chi connectivity index (χ2n) is 6.46. The van der Waals surface area contributed by atoms with E-state index in [9.17, 15) is 9.59 Å². The zero-order chi connectivity index (χ0) is 19.4. The number of ether oxygens (including phenoxy) is 2. The smallest absolute Gasteiger partial charge is 0.257 e. The van der Waals surface area contributed by atoms with Crippen LogP contribution in [0.2, 0.25) is 0 Å². The van der Waals surface area contributed by atoms with Gasteiger partial charge in [0.2, 0.25) is 0 Å². The highest BCUT2D eigenvalue weighted by Gasteiger charge is 2.37. The van der Waals surface area contributed by atoms with Crippen molar-refractivity contribution in [3.63, 3.8) is 0 Å². The molecule has 2 amide bonds. The monoisotopic (exact) mass is 372 g/mol. The number of benzene rings is 1. The molecule has 3 rings (SSSR count). The predicted octanol–water partition coefficient (Wildman–Crippen LogP) is 2.78. The van der Waals surface area contributed by atoms with Crippen LogP contribution < -0.4 is 14.8 Å². The molecule has 0 radical (unpaired) electrons. The molecule has 0 bridgehead atoms. The van der Waals surface area contributed by atoms with Crippen LogP contribution in [0.3, 0.4) is 0 Å². The molecule has 0 spiro atoms. The first-order valence-electron chi connectivity index (χ1n) is 8.92. The number of likely N-dealkylation sites (N-methyl/N-ethyl adjacent to an activating group) is 1. The number of carbonyl (C=O) groups is 2. The molecule has 1 aromatic heterocycles.